The molecule has 0 N–H and O–H groups in total. The smallest absolute Gasteiger partial charge is 0.135 e. The molecule has 0 saturated heterocycles. The number of benzene rings is 3. The molecule has 0 aromatic heterocycles. The van der Waals surface area contributed by atoms with Crippen LogP contribution >= 0.6 is 0 Å². The van der Waals surface area contributed by atoms with Crippen molar-refractivity contribution in [3.05, 3.63) is 113 Å². The molecule has 1 heterocycles. The Morgan fingerprint density at radius 2 is 1.66 bits per heavy atom. The maximum absolute atomic E-state index is 9.21. The lowest BCUT2D eigenvalue weighted by Crippen LogP contribution is -2.36. The Hall–Kier alpha value is -3.68. The molecule has 2 atom stereocenters. The molecule has 0 amide bonds. The third-order valence-corrected chi connectivity index (χ3v) is 6.56. The molecule has 1 aliphatic heterocycles. The molecule has 0 bridgehead atoms. The van der Waals surface area contributed by atoms with Crippen LogP contribution in [0.3, 0.4) is 0 Å². The van der Waals surface area contributed by atoms with E-state index in [0.717, 1.165) is 29.8 Å². The van der Waals surface area contributed by atoms with Gasteiger partial charge >= 0.3 is 0 Å². The summed E-state index contributed by atoms with van der Waals surface area (Å²) in [6.07, 6.45) is 4.19. The van der Waals surface area contributed by atoms with Crippen LogP contribution in [0.4, 0.5) is 0 Å². The number of ether oxygens (including phenoxy) is 1. The molecule has 3 aromatic carbocycles. The van der Waals surface area contributed by atoms with E-state index in [9.17, 15) is 5.26 Å². The first-order valence-electron chi connectivity index (χ1n) is 12.3. The number of aliphatic imine (C=N–C) groups is 1. The van der Waals surface area contributed by atoms with Gasteiger partial charge in [-0.05, 0) is 47.6 Å². The number of methoxy groups -OCH3 is 1. The highest BCUT2D eigenvalue weighted by Crippen LogP contribution is 2.38. The van der Waals surface area contributed by atoms with Crippen LogP contribution in [0.25, 0.3) is 5.57 Å². The van der Waals surface area contributed by atoms with Crippen LogP contribution in [0.15, 0.2) is 96.1 Å². The Kier molecular flexibility index (Phi) is 8.13. The first-order valence-corrected chi connectivity index (χ1v) is 12.3. The van der Waals surface area contributed by atoms with Crippen molar-refractivity contribution >= 4 is 11.4 Å². The van der Waals surface area contributed by atoms with Gasteiger partial charge in [0.15, 0.2) is 0 Å². The average molecular weight is 464 g/mol. The maximum atomic E-state index is 9.21. The zero-order valence-corrected chi connectivity index (χ0v) is 20.8. The lowest BCUT2D eigenvalue weighted by Gasteiger charge is -2.37. The minimum Gasteiger partial charge on any atom is -0.382 e. The summed E-state index contributed by atoms with van der Waals surface area (Å²) in [7, 11) is 1.74. The summed E-state index contributed by atoms with van der Waals surface area (Å²) < 4.78 is 5.55. The van der Waals surface area contributed by atoms with Gasteiger partial charge in [-0.2, -0.15) is 5.26 Å². The summed E-state index contributed by atoms with van der Waals surface area (Å²) in [6.45, 7) is 4.96. The largest absolute Gasteiger partial charge is 0.382 e. The molecule has 0 saturated carbocycles. The van der Waals surface area contributed by atoms with E-state index in [4.69, 9.17) is 9.73 Å². The molecule has 3 aromatic rings. The summed E-state index contributed by atoms with van der Waals surface area (Å²) in [5.41, 5.74) is 5.44. The number of allylic oxidation sites excluding steroid dienone is 1. The lowest BCUT2D eigenvalue weighted by molar-refractivity contribution is 0.164. The van der Waals surface area contributed by atoms with E-state index in [-0.39, 0.29) is 12.1 Å². The zero-order chi connectivity index (χ0) is 24.6. The SMILES string of the molecule is COC[C@H](N=C(c1ccccc1)N1C=C(c2ccc(C#N)cc2)CC[C@H]1c1ccccc1)C(C)C. The Morgan fingerprint density at radius 1 is 1.00 bits per heavy atom. The summed E-state index contributed by atoms with van der Waals surface area (Å²) in [4.78, 5) is 7.67. The van der Waals surface area contributed by atoms with E-state index in [2.05, 4.69) is 85.6 Å². The molecule has 178 valence electrons. The summed E-state index contributed by atoms with van der Waals surface area (Å²) in [5, 5.41) is 9.21. The van der Waals surface area contributed by atoms with Crippen LogP contribution in [0.5, 0.6) is 0 Å². The van der Waals surface area contributed by atoms with Gasteiger partial charge in [0, 0.05) is 18.9 Å². The van der Waals surface area contributed by atoms with Gasteiger partial charge in [0.25, 0.3) is 0 Å². The average Bonchev–Trinajstić information content (AvgIpc) is 2.91. The van der Waals surface area contributed by atoms with Gasteiger partial charge in [0.2, 0.25) is 0 Å². The standard InChI is InChI=1S/C31H33N3O/c1-23(2)29(22-35-3)33-31(27-12-8-5-9-13-27)34-21-28(25-16-14-24(20-32)15-17-25)18-19-30(34)26-10-6-4-7-11-26/h4-17,21,23,29-30H,18-19,22H2,1-3H3/t29-,30-/m0/s1. The molecule has 0 aliphatic carbocycles. The number of nitrogens with zero attached hydrogens (tertiary/aromatic N) is 3. The Balaban J connectivity index is 1.86. The molecule has 0 fully saturated rings. The second-order valence-electron chi connectivity index (χ2n) is 9.30. The van der Waals surface area contributed by atoms with E-state index in [1.54, 1.807) is 7.11 Å². The van der Waals surface area contributed by atoms with Crippen molar-refractivity contribution in [3.8, 4) is 6.07 Å². The third kappa shape index (κ3) is 5.88. The van der Waals surface area contributed by atoms with Crippen molar-refractivity contribution in [1.29, 1.82) is 5.26 Å². The predicted octanol–water partition coefficient (Wildman–Crippen LogP) is 6.85. The van der Waals surface area contributed by atoms with Crippen LogP contribution in [0.1, 0.15) is 55.0 Å². The second-order valence-corrected chi connectivity index (χ2v) is 9.30. The molecule has 0 unspecified atom stereocenters. The fourth-order valence-electron chi connectivity index (χ4n) is 4.53. The van der Waals surface area contributed by atoms with Crippen molar-refractivity contribution in [3.63, 3.8) is 0 Å². The molecule has 4 rings (SSSR count). The van der Waals surface area contributed by atoms with Gasteiger partial charge in [-0.15, -0.1) is 0 Å². The van der Waals surface area contributed by atoms with Gasteiger partial charge in [-0.3, -0.25) is 4.99 Å². The summed E-state index contributed by atoms with van der Waals surface area (Å²) in [6, 6.07) is 31.4. The third-order valence-electron chi connectivity index (χ3n) is 6.56. The number of nitriles is 1. The van der Waals surface area contributed by atoms with E-state index < -0.39 is 0 Å². The number of rotatable bonds is 7. The van der Waals surface area contributed by atoms with E-state index in [0.29, 0.717) is 18.1 Å². The second kappa shape index (κ2) is 11.6. The van der Waals surface area contributed by atoms with Crippen molar-refractivity contribution in [2.75, 3.05) is 13.7 Å². The van der Waals surface area contributed by atoms with Crippen LogP contribution in [-0.2, 0) is 4.74 Å². The van der Waals surface area contributed by atoms with Gasteiger partial charge in [-0.1, -0.05) is 86.6 Å². The minimum atomic E-state index is 0.0420. The summed E-state index contributed by atoms with van der Waals surface area (Å²) >= 11 is 0. The number of hydrogen-bond donors (Lipinski definition) is 0. The molecule has 0 radical (unpaired) electrons. The van der Waals surface area contributed by atoms with E-state index >= 15 is 0 Å². The highest BCUT2D eigenvalue weighted by atomic mass is 16.5. The molecular weight excluding hydrogens is 430 g/mol. The van der Waals surface area contributed by atoms with E-state index in [1.165, 1.54) is 11.1 Å². The highest BCUT2D eigenvalue weighted by Gasteiger charge is 2.29. The van der Waals surface area contributed by atoms with Crippen LogP contribution < -0.4 is 0 Å². The van der Waals surface area contributed by atoms with Crippen LogP contribution in [0, 0.1) is 17.2 Å². The molecule has 1 aliphatic rings. The first-order chi connectivity index (χ1) is 17.1. The molecular formula is C31H33N3O. The summed E-state index contributed by atoms with van der Waals surface area (Å²) in [5.74, 6) is 1.30. The quantitative estimate of drug-likeness (QED) is 0.284. The number of hydrogen-bond acceptors (Lipinski definition) is 3. The first kappa shape index (κ1) is 24.4. The Bertz CT molecular complexity index is 1190. The fraction of sp³-hybridized carbons (Fsp3) is 0.290. The molecule has 0 spiro atoms. The lowest BCUT2D eigenvalue weighted by atomic mass is 9.90. The van der Waals surface area contributed by atoms with Crippen LogP contribution in [-0.4, -0.2) is 30.5 Å². The van der Waals surface area contributed by atoms with Crippen molar-refractivity contribution in [2.24, 2.45) is 10.9 Å². The normalized spacial score (nSPS) is 17.1. The van der Waals surface area contributed by atoms with Crippen molar-refractivity contribution in [2.45, 2.75) is 38.8 Å². The topological polar surface area (TPSA) is 48.6 Å². The van der Waals surface area contributed by atoms with Crippen molar-refractivity contribution in [1.82, 2.24) is 4.90 Å². The van der Waals surface area contributed by atoms with Gasteiger partial charge < -0.3 is 9.64 Å². The van der Waals surface area contributed by atoms with Gasteiger partial charge in [-0.25, -0.2) is 0 Å². The maximum Gasteiger partial charge on any atom is 0.135 e. The van der Waals surface area contributed by atoms with Crippen LogP contribution in [0.2, 0.25) is 0 Å². The molecule has 4 nitrogen and oxygen atoms in total. The zero-order valence-electron chi connectivity index (χ0n) is 20.8. The van der Waals surface area contributed by atoms with Gasteiger partial charge in [0.05, 0.1) is 30.3 Å². The minimum absolute atomic E-state index is 0.0420. The van der Waals surface area contributed by atoms with Gasteiger partial charge in [0.1, 0.15) is 5.84 Å². The predicted molar refractivity (Wildman–Crippen MR) is 143 cm³/mol. The highest BCUT2D eigenvalue weighted by molar-refractivity contribution is 6.00. The Morgan fingerprint density at radius 3 is 2.26 bits per heavy atom. The molecule has 4 heteroatoms. The number of amidine groups is 1. The Labute approximate surface area is 209 Å². The van der Waals surface area contributed by atoms with Crippen molar-refractivity contribution < 1.29 is 4.74 Å². The van der Waals surface area contributed by atoms with E-state index in [1.807, 2.05) is 30.3 Å². The molecule has 35 heavy (non-hydrogen) atoms. The monoisotopic (exact) mass is 463 g/mol. The fourth-order valence-corrected chi connectivity index (χ4v) is 4.53.